The van der Waals surface area contributed by atoms with E-state index in [0.717, 1.165) is 0 Å². The van der Waals surface area contributed by atoms with Gasteiger partial charge in [0.05, 0.1) is 38.0 Å². The number of rotatable bonds is 7. The second kappa shape index (κ2) is 6.83. The molecule has 0 aliphatic carbocycles. The second-order valence-electron chi connectivity index (χ2n) is 4.21. The highest BCUT2D eigenvalue weighted by atomic mass is 32.2. The summed E-state index contributed by atoms with van der Waals surface area (Å²) in [7, 11) is -2.41. The molecule has 110 valence electrons. The van der Waals surface area contributed by atoms with Crippen LogP contribution in [0, 0.1) is 5.92 Å². The molecule has 0 aromatic heterocycles. The molecule has 0 aromatic carbocycles. The number of nitrogens with one attached hydrogen (secondary N) is 1. The summed E-state index contributed by atoms with van der Waals surface area (Å²) in [5.41, 5.74) is 0. The van der Waals surface area contributed by atoms with Gasteiger partial charge in [-0.2, -0.15) is 0 Å². The summed E-state index contributed by atoms with van der Waals surface area (Å²) in [5.74, 6) is -2.72. The van der Waals surface area contributed by atoms with Gasteiger partial charge < -0.3 is 14.6 Å². The van der Waals surface area contributed by atoms with Gasteiger partial charge >= 0.3 is 11.9 Å². The fourth-order valence-electron chi connectivity index (χ4n) is 1.71. The van der Waals surface area contributed by atoms with E-state index in [1.54, 1.807) is 0 Å². The number of esters is 1. The maximum Gasteiger partial charge on any atom is 0.310 e. The van der Waals surface area contributed by atoms with Crippen LogP contribution in [0.15, 0.2) is 0 Å². The Balaban J connectivity index is 2.46. The minimum absolute atomic E-state index is 0.000928. The third kappa shape index (κ3) is 5.13. The van der Waals surface area contributed by atoms with Gasteiger partial charge in [-0.05, 0) is 6.42 Å². The highest BCUT2D eigenvalue weighted by molar-refractivity contribution is 7.89. The summed E-state index contributed by atoms with van der Waals surface area (Å²) < 4.78 is 35.1. The molecule has 1 aliphatic rings. The molecule has 1 heterocycles. The lowest BCUT2D eigenvalue weighted by atomic mass is 10.1. The van der Waals surface area contributed by atoms with Gasteiger partial charge in [0.1, 0.15) is 0 Å². The Bertz CT molecular complexity index is 433. The summed E-state index contributed by atoms with van der Waals surface area (Å²) in [4.78, 5) is 21.7. The fraction of sp³-hybridized carbons (Fsp3) is 0.800. The highest BCUT2D eigenvalue weighted by Gasteiger charge is 2.36. The number of hydrogen-bond donors (Lipinski definition) is 2. The molecule has 0 aromatic rings. The van der Waals surface area contributed by atoms with Gasteiger partial charge in [-0.3, -0.25) is 9.59 Å². The van der Waals surface area contributed by atoms with E-state index < -0.39 is 33.9 Å². The molecular formula is C10H17NO7S. The summed E-state index contributed by atoms with van der Waals surface area (Å²) in [6.07, 6.45) is 0.119. The van der Waals surface area contributed by atoms with Gasteiger partial charge in [0.2, 0.25) is 10.0 Å². The predicted molar refractivity (Wildman–Crippen MR) is 63.9 cm³/mol. The molecule has 0 radical (unpaired) electrons. The molecule has 2 unspecified atom stereocenters. The topological polar surface area (TPSA) is 119 Å². The van der Waals surface area contributed by atoms with Crippen molar-refractivity contribution in [2.75, 3.05) is 26.1 Å². The van der Waals surface area contributed by atoms with Crippen molar-refractivity contribution in [3.8, 4) is 0 Å². The molecule has 0 saturated carbocycles. The minimum Gasteiger partial charge on any atom is -0.481 e. The SMILES string of the molecule is COC(=O)CCCS(=O)(=O)NC1COCC1C(=O)O. The van der Waals surface area contributed by atoms with Crippen LogP contribution in [0.3, 0.4) is 0 Å². The van der Waals surface area contributed by atoms with E-state index in [2.05, 4.69) is 9.46 Å². The van der Waals surface area contributed by atoms with Crippen LogP contribution in [0.5, 0.6) is 0 Å². The summed E-state index contributed by atoms with van der Waals surface area (Å²) in [6, 6.07) is -0.763. The molecular weight excluding hydrogens is 278 g/mol. The van der Waals surface area contributed by atoms with E-state index in [1.165, 1.54) is 7.11 Å². The molecule has 0 amide bonds. The molecule has 9 heteroatoms. The molecule has 2 atom stereocenters. The largest absolute Gasteiger partial charge is 0.481 e. The van der Waals surface area contributed by atoms with Crippen molar-refractivity contribution >= 4 is 22.0 Å². The van der Waals surface area contributed by atoms with E-state index in [1.807, 2.05) is 0 Å². The molecule has 1 aliphatic heterocycles. The second-order valence-corrected chi connectivity index (χ2v) is 6.08. The van der Waals surface area contributed by atoms with E-state index >= 15 is 0 Å². The van der Waals surface area contributed by atoms with Crippen molar-refractivity contribution < 1.29 is 32.6 Å². The van der Waals surface area contributed by atoms with Gasteiger partial charge in [0.25, 0.3) is 0 Å². The quantitative estimate of drug-likeness (QED) is 0.576. The van der Waals surface area contributed by atoms with Crippen LogP contribution in [-0.4, -0.2) is 57.6 Å². The number of carbonyl (C=O) groups is 2. The van der Waals surface area contributed by atoms with Gasteiger partial charge in [-0.15, -0.1) is 0 Å². The number of ether oxygens (including phenoxy) is 2. The minimum atomic E-state index is -3.64. The van der Waals surface area contributed by atoms with Crippen molar-refractivity contribution in [3.63, 3.8) is 0 Å². The molecule has 1 saturated heterocycles. The van der Waals surface area contributed by atoms with Crippen LogP contribution in [0.1, 0.15) is 12.8 Å². The van der Waals surface area contributed by atoms with Crippen LogP contribution in [0.2, 0.25) is 0 Å². The average molecular weight is 295 g/mol. The number of carboxylic acid groups (broad SMARTS) is 1. The van der Waals surface area contributed by atoms with Gasteiger partial charge in [-0.25, -0.2) is 13.1 Å². The molecule has 1 rings (SSSR count). The zero-order valence-corrected chi connectivity index (χ0v) is 11.3. The number of methoxy groups -OCH3 is 1. The summed E-state index contributed by atoms with van der Waals surface area (Å²) in [6.45, 7) is 0.0257. The van der Waals surface area contributed by atoms with Crippen molar-refractivity contribution in [3.05, 3.63) is 0 Å². The van der Waals surface area contributed by atoms with Gasteiger partial charge in [0, 0.05) is 6.42 Å². The van der Waals surface area contributed by atoms with Crippen molar-refractivity contribution in [1.82, 2.24) is 4.72 Å². The van der Waals surface area contributed by atoms with Crippen LogP contribution in [0.4, 0.5) is 0 Å². The summed E-state index contributed by atoms with van der Waals surface area (Å²) in [5, 5.41) is 8.89. The Morgan fingerprint density at radius 3 is 2.68 bits per heavy atom. The molecule has 0 bridgehead atoms. The fourth-order valence-corrected chi connectivity index (χ4v) is 3.05. The van der Waals surface area contributed by atoms with E-state index in [0.29, 0.717) is 0 Å². The normalized spacial score (nSPS) is 23.2. The number of aliphatic carboxylic acids is 1. The van der Waals surface area contributed by atoms with Crippen LogP contribution in [-0.2, 0) is 29.1 Å². The Labute approximate surface area is 111 Å². The molecule has 1 fully saturated rings. The maximum atomic E-state index is 11.7. The Hall–Kier alpha value is -1.19. The van der Waals surface area contributed by atoms with Crippen LogP contribution < -0.4 is 4.72 Å². The lowest BCUT2D eigenvalue weighted by Crippen LogP contribution is -2.43. The maximum absolute atomic E-state index is 11.7. The van der Waals surface area contributed by atoms with E-state index in [4.69, 9.17) is 9.84 Å². The van der Waals surface area contributed by atoms with E-state index in [9.17, 15) is 18.0 Å². The smallest absolute Gasteiger partial charge is 0.310 e. The first kappa shape index (κ1) is 15.9. The Morgan fingerprint density at radius 1 is 1.42 bits per heavy atom. The van der Waals surface area contributed by atoms with Crippen molar-refractivity contribution in [2.45, 2.75) is 18.9 Å². The number of hydrogen-bond acceptors (Lipinski definition) is 6. The third-order valence-corrected chi connectivity index (χ3v) is 4.24. The molecule has 0 spiro atoms. The lowest BCUT2D eigenvalue weighted by molar-refractivity contribution is -0.142. The predicted octanol–water partition coefficient (Wildman–Crippen LogP) is -1.04. The molecule has 8 nitrogen and oxygen atoms in total. The summed E-state index contributed by atoms with van der Waals surface area (Å²) >= 11 is 0. The highest BCUT2D eigenvalue weighted by Crippen LogP contribution is 2.15. The first-order valence-corrected chi connectivity index (χ1v) is 7.38. The van der Waals surface area contributed by atoms with Crippen LogP contribution in [0.25, 0.3) is 0 Å². The van der Waals surface area contributed by atoms with Gasteiger partial charge in [-0.1, -0.05) is 0 Å². The van der Waals surface area contributed by atoms with Crippen molar-refractivity contribution in [1.29, 1.82) is 0 Å². The van der Waals surface area contributed by atoms with E-state index in [-0.39, 0.29) is 31.8 Å². The number of carboxylic acids is 1. The average Bonchev–Trinajstić information content (AvgIpc) is 2.75. The number of carbonyl (C=O) groups excluding carboxylic acids is 1. The standard InChI is InChI=1S/C10H17NO7S/c1-17-9(12)3-2-4-19(15,16)11-8-6-18-5-7(8)10(13)14/h7-8,11H,2-6H2,1H3,(H,13,14). The molecule has 2 N–H and O–H groups in total. The lowest BCUT2D eigenvalue weighted by Gasteiger charge is -2.15. The zero-order valence-electron chi connectivity index (χ0n) is 10.5. The Morgan fingerprint density at radius 2 is 2.11 bits per heavy atom. The monoisotopic (exact) mass is 295 g/mol. The first-order valence-electron chi connectivity index (χ1n) is 5.73. The Kier molecular flexibility index (Phi) is 5.70. The third-order valence-electron chi connectivity index (χ3n) is 2.75. The molecule has 19 heavy (non-hydrogen) atoms. The zero-order chi connectivity index (χ0) is 14.5. The van der Waals surface area contributed by atoms with Crippen LogP contribution >= 0.6 is 0 Å². The van der Waals surface area contributed by atoms with Crippen molar-refractivity contribution in [2.24, 2.45) is 5.92 Å². The van der Waals surface area contributed by atoms with Gasteiger partial charge in [0.15, 0.2) is 0 Å². The number of sulfonamides is 1. The first-order chi connectivity index (χ1) is 8.85.